The summed E-state index contributed by atoms with van der Waals surface area (Å²) >= 11 is 0. The molecule has 2 rings (SSSR count). The van der Waals surface area contributed by atoms with Crippen LogP contribution in [0, 0.1) is 5.92 Å². The van der Waals surface area contributed by atoms with Crippen molar-refractivity contribution in [3.05, 3.63) is 0 Å². The van der Waals surface area contributed by atoms with Crippen molar-refractivity contribution in [2.24, 2.45) is 11.7 Å². The molecule has 1 aliphatic carbocycles. The van der Waals surface area contributed by atoms with E-state index < -0.39 is 30.4 Å². The molecule has 2 fully saturated rings. The Kier molecular flexibility index (Phi) is 6.42. The van der Waals surface area contributed by atoms with Gasteiger partial charge in [0.25, 0.3) is 5.91 Å². The predicted octanol–water partition coefficient (Wildman–Crippen LogP) is 0.476. The molecule has 3 atom stereocenters. The fourth-order valence-electron chi connectivity index (χ4n) is 3.52. The minimum Gasteiger partial charge on any atom is -0.436 e. The van der Waals surface area contributed by atoms with Crippen molar-refractivity contribution in [1.82, 2.24) is 10.2 Å². The number of aliphatic hydroxyl groups is 1. The molecule has 0 aromatic rings. The molecular formula is C16H27N3O5. The van der Waals surface area contributed by atoms with Crippen LogP contribution in [-0.2, 0) is 14.3 Å². The minimum atomic E-state index is -1.08. The summed E-state index contributed by atoms with van der Waals surface area (Å²) in [6.07, 6.45) is 3.45. The molecule has 8 heteroatoms. The Labute approximate surface area is 141 Å². The third-order valence-electron chi connectivity index (χ3n) is 4.97. The van der Waals surface area contributed by atoms with Crippen molar-refractivity contribution < 1.29 is 24.2 Å². The summed E-state index contributed by atoms with van der Waals surface area (Å²) in [5.41, 5.74) is 5.09. The number of ether oxygens (including phenoxy) is 1. The number of likely N-dealkylation sites (tertiary alicyclic amines) is 1. The minimum absolute atomic E-state index is 0.167. The Bertz CT molecular complexity index is 478. The zero-order chi connectivity index (χ0) is 17.7. The lowest BCUT2D eigenvalue weighted by atomic mass is 9.85. The molecule has 1 aliphatic heterocycles. The second-order valence-electron chi connectivity index (χ2n) is 6.74. The van der Waals surface area contributed by atoms with E-state index in [1.807, 2.05) is 0 Å². The van der Waals surface area contributed by atoms with Gasteiger partial charge in [-0.2, -0.15) is 0 Å². The number of carbonyl (C=O) groups is 3. The average Bonchev–Trinajstić information content (AvgIpc) is 2.55. The highest BCUT2D eigenvalue weighted by Gasteiger charge is 2.35. The molecule has 0 aromatic heterocycles. The maximum absolute atomic E-state index is 12.5. The maximum Gasteiger partial charge on any atom is 0.405 e. The first-order chi connectivity index (χ1) is 11.4. The second kappa shape index (κ2) is 8.32. The molecule has 24 heavy (non-hydrogen) atoms. The highest BCUT2D eigenvalue weighted by Crippen LogP contribution is 2.28. The van der Waals surface area contributed by atoms with E-state index in [0.29, 0.717) is 18.8 Å². The van der Waals surface area contributed by atoms with Crippen LogP contribution in [-0.4, -0.2) is 53.3 Å². The summed E-state index contributed by atoms with van der Waals surface area (Å²) in [6.45, 7) is 0. The van der Waals surface area contributed by atoms with Crippen molar-refractivity contribution in [2.75, 3.05) is 7.05 Å². The lowest BCUT2D eigenvalue weighted by Crippen LogP contribution is -2.57. The van der Waals surface area contributed by atoms with Gasteiger partial charge in [0.15, 0.2) is 6.10 Å². The second-order valence-corrected chi connectivity index (χ2v) is 6.74. The summed E-state index contributed by atoms with van der Waals surface area (Å²) in [7, 11) is 1.49. The third-order valence-corrected chi connectivity index (χ3v) is 4.97. The Morgan fingerprint density at radius 1 is 1.33 bits per heavy atom. The van der Waals surface area contributed by atoms with E-state index in [1.54, 1.807) is 0 Å². The van der Waals surface area contributed by atoms with Gasteiger partial charge in [0.05, 0.1) is 6.04 Å². The molecule has 0 aromatic carbocycles. The van der Waals surface area contributed by atoms with E-state index in [-0.39, 0.29) is 12.3 Å². The van der Waals surface area contributed by atoms with Gasteiger partial charge in [0, 0.05) is 13.5 Å². The largest absolute Gasteiger partial charge is 0.436 e. The molecule has 0 spiro atoms. The number of rotatable bonds is 5. The number of nitrogens with one attached hydrogen (secondary N) is 1. The fraction of sp³-hybridized carbons (Fsp3) is 0.812. The zero-order valence-corrected chi connectivity index (χ0v) is 14.1. The Balaban J connectivity index is 1.96. The van der Waals surface area contributed by atoms with Crippen LogP contribution < -0.4 is 11.1 Å². The number of hydrogen-bond acceptors (Lipinski definition) is 5. The number of carbonyl (C=O) groups excluding carboxylic acids is 3. The van der Waals surface area contributed by atoms with Gasteiger partial charge >= 0.3 is 6.09 Å². The number of primary amides is 1. The van der Waals surface area contributed by atoms with Gasteiger partial charge in [0.2, 0.25) is 5.91 Å². The van der Waals surface area contributed by atoms with Crippen molar-refractivity contribution in [3.63, 3.8) is 0 Å². The van der Waals surface area contributed by atoms with Crippen LogP contribution in [0.4, 0.5) is 4.79 Å². The number of amides is 3. The maximum atomic E-state index is 12.5. The third kappa shape index (κ3) is 4.83. The summed E-state index contributed by atoms with van der Waals surface area (Å²) in [5.74, 6) is -0.305. The van der Waals surface area contributed by atoms with Crippen LogP contribution in [0.2, 0.25) is 0 Å². The van der Waals surface area contributed by atoms with Crippen molar-refractivity contribution in [1.29, 1.82) is 0 Å². The first kappa shape index (κ1) is 18.5. The molecule has 1 saturated carbocycles. The molecule has 4 N–H and O–H groups in total. The van der Waals surface area contributed by atoms with Gasteiger partial charge in [-0.1, -0.05) is 32.1 Å². The molecule has 1 saturated heterocycles. The molecule has 2 aliphatic rings. The van der Waals surface area contributed by atoms with Crippen molar-refractivity contribution in [2.45, 2.75) is 69.7 Å². The van der Waals surface area contributed by atoms with Crippen LogP contribution in [0.1, 0.15) is 51.4 Å². The van der Waals surface area contributed by atoms with Gasteiger partial charge in [0.1, 0.15) is 6.23 Å². The van der Waals surface area contributed by atoms with Crippen LogP contribution >= 0.6 is 0 Å². The monoisotopic (exact) mass is 341 g/mol. The number of nitrogens with two attached hydrogens (primary N) is 1. The van der Waals surface area contributed by atoms with E-state index in [4.69, 9.17) is 10.5 Å². The highest BCUT2D eigenvalue weighted by atomic mass is 16.6. The van der Waals surface area contributed by atoms with E-state index in [2.05, 4.69) is 5.32 Å². The molecule has 0 bridgehead atoms. The topological polar surface area (TPSA) is 122 Å². The summed E-state index contributed by atoms with van der Waals surface area (Å²) in [4.78, 5) is 36.4. The smallest absolute Gasteiger partial charge is 0.405 e. The molecule has 0 radical (unpaired) electrons. The van der Waals surface area contributed by atoms with Crippen molar-refractivity contribution >= 4 is 17.9 Å². The van der Waals surface area contributed by atoms with Gasteiger partial charge in [-0.25, -0.2) is 4.79 Å². The van der Waals surface area contributed by atoms with Crippen LogP contribution in [0.25, 0.3) is 0 Å². The highest BCUT2D eigenvalue weighted by molar-refractivity contribution is 5.84. The lowest BCUT2D eigenvalue weighted by molar-refractivity contribution is -0.149. The lowest BCUT2D eigenvalue weighted by Gasteiger charge is -2.36. The Morgan fingerprint density at radius 2 is 2.00 bits per heavy atom. The standard InChI is InChI=1S/C16H27N3O5/c1-19-13(20)8-7-11(15(19)22)18-14(21)12(24-16(17)23)9-10-5-3-2-4-6-10/h10-12,15,22H,2-9H2,1H3,(H2,17,23)(H,18,21). The number of hydrogen-bond donors (Lipinski definition) is 3. The van der Waals surface area contributed by atoms with Gasteiger partial charge < -0.3 is 25.8 Å². The molecular weight excluding hydrogens is 314 g/mol. The van der Waals surface area contributed by atoms with Crippen LogP contribution in [0.5, 0.6) is 0 Å². The fourth-order valence-corrected chi connectivity index (χ4v) is 3.52. The summed E-state index contributed by atoms with van der Waals surface area (Å²) in [6, 6.07) is -0.578. The first-order valence-electron chi connectivity index (χ1n) is 8.58. The van der Waals surface area contributed by atoms with E-state index in [9.17, 15) is 19.5 Å². The Hall–Kier alpha value is -1.83. The normalized spacial score (nSPS) is 26.8. The van der Waals surface area contributed by atoms with Crippen LogP contribution in [0.15, 0.2) is 0 Å². The number of aliphatic hydroxyl groups excluding tert-OH is 1. The zero-order valence-electron chi connectivity index (χ0n) is 14.1. The number of nitrogens with zero attached hydrogens (tertiary/aromatic N) is 1. The van der Waals surface area contributed by atoms with Gasteiger partial charge in [-0.3, -0.25) is 9.59 Å². The van der Waals surface area contributed by atoms with E-state index >= 15 is 0 Å². The molecule has 3 unspecified atom stereocenters. The molecule has 8 nitrogen and oxygen atoms in total. The summed E-state index contributed by atoms with van der Waals surface area (Å²) < 4.78 is 5.00. The number of likely N-dealkylation sites (N-methyl/N-ethyl adjacent to an activating group) is 1. The first-order valence-corrected chi connectivity index (χ1v) is 8.58. The molecule has 1 heterocycles. The Morgan fingerprint density at radius 3 is 2.62 bits per heavy atom. The predicted molar refractivity (Wildman–Crippen MR) is 85.6 cm³/mol. The van der Waals surface area contributed by atoms with Gasteiger partial charge in [-0.05, 0) is 18.8 Å². The van der Waals surface area contributed by atoms with Crippen LogP contribution in [0.3, 0.4) is 0 Å². The average molecular weight is 341 g/mol. The number of piperidine rings is 1. The molecule has 3 amide bonds. The molecule has 136 valence electrons. The van der Waals surface area contributed by atoms with Gasteiger partial charge in [-0.15, -0.1) is 0 Å². The summed E-state index contributed by atoms with van der Waals surface area (Å²) in [5, 5.41) is 12.8. The van der Waals surface area contributed by atoms with E-state index in [0.717, 1.165) is 25.7 Å². The quantitative estimate of drug-likeness (QED) is 0.671. The van der Waals surface area contributed by atoms with Crippen molar-refractivity contribution in [3.8, 4) is 0 Å². The van der Waals surface area contributed by atoms with E-state index in [1.165, 1.54) is 18.4 Å². The SMILES string of the molecule is CN1C(=O)CCC(NC(=O)C(CC2CCCCC2)OC(N)=O)C1O.